The van der Waals surface area contributed by atoms with Crippen molar-refractivity contribution in [3.63, 3.8) is 0 Å². The van der Waals surface area contributed by atoms with Crippen molar-refractivity contribution in [1.82, 2.24) is 29.6 Å². The zero-order valence-electron chi connectivity index (χ0n) is 21.1. The minimum Gasteiger partial charge on any atom is -0.362 e. The standard InChI is InChI=1S/C26H31N9O/c1-17-12-20(14-28-24(17)35-10-8-33(3)9-11-35)26(36)31-21-7-5-6-19(13-21)18(2)30-23-16-27-22-15-29-34(4)25(22)32-23/h5-7,12-16,18H,8-11H2,1-4H3,(H,30,32)(H,31,36)/t18-/m0/s1. The summed E-state index contributed by atoms with van der Waals surface area (Å²) in [4.78, 5) is 31.2. The molecular weight excluding hydrogens is 454 g/mol. The molecule has 1 aromatic carbocycles. The average molecular weight is 486 g/mol. The number of fused-ring (bicyclic) bond motifs is 1. The van der Waals surface area contributed by atoms with Gasteiger partial charge in [0.05, 0.1) is 24.0 Å². The lowest BCUT2D eigenvalue weighted by Crippen LogP contribution is -2.45. The molecule has 0 spiro atoms. The van der Waals surface area contributed by atoms with E-state index in [2.05, 4.69) is 47.5 Å². The fraction of sp³-hybridized carbons (Fsp3) is 0.346. The number of benzene rings is 1. The van der Waals surface area contributed by atoms with Gasteiger partial charge in [0.25, 0.3) is 5.91 Å². The van der Waals surface area contributed by atoms with Gasteiger partial charge < -0.3 is 20.4 Å². The van der Waals surface area contributed by atoms with E-state index in [1.165, 1.54) is 0 Å². The van der Waals surface area contributed by atoms with Crippen LogP contribution < -0.4 is 15.5 Å². The van der Waals surface area contributed by atoms with Crippen LogP contribution in [-0.2, 0) is 7.05 Å². The Kier molecular flexibility index (Phi) is 6.51. The molecule has 36 heavy (non-hydrogen) atoms. The minimum absolute atomic E-state index is 0.0476. The van der Waals surface area contributed by atoms with Gasteiger partial charge in [-0.2, -0.15) is 5.10 Å². The Bertz CT molecular complexity index is 1390. The highest BCUT2D eigenvalue weighted by Gasteiger charge is 2.18. The quantitative estimate of drug-likeness (QED) is 0.429. The van der Waals surface area contributed by atoms with Crippen molar-refractivity contribution in [3.8, 4) is 0 Å². The molecule has 1 amide bonds. The van der Waals surface area contributed by atoms with Gasteiger partial charge in [-0.1, -0.05) is 12.1 Å². The summed E-state index contributed by atoms with van der Waals surface area (Å²) in [7, 11) is 3.97. The number of piperazine rings is 1. The van der Waals surface area contributed by atoms with Crippen LogP contribution >= 0.6 is 0 Å². The van der Waals surface area contributed by atoms with Crippen LogP contribution in [0.3, 0.4) is 0 Å². The normalized spacial score (nSPS) is 15.2. The van der Waals surface area contributed by atoms with Crippen LogP contribution in [0.25, 0.3) is 11.2 Å². The van der Waals surface area contributed by atoms with E-state index in [1.807, 2.05) is 51.2 Å². The number of aromatic nitrogens is 5. The third kappa shape index (κ3) is 4.99. The van der Waals surface area contributed by atoms with Crippen molar-refractivity contribution in [2.24, 2.45) is 7.05 Å². The van der Waals surface area contributed by atoms with E-state index >= 15 is 0 Å². The summed E-state index contributed by atoms with van der Waals surface area (Å²) in [6.45, 7) is 7.96. The molecule has 186 valence electrons. The number of likely N-dealkylation sites (N-methyl/N-ethyl adjacent to an activating group) is 1. The molecule has 5 rings (SSSR count). The highest BCUT2D eigenvalue weighted by Crippen LogP contribution is 2.23. The van der Waals surface area contributed by atoms with Crippen molar-refractivity contribution in [2.45, 2.75) is 19.9 Å². The predicted molar refractivity (Wildman–Crippen MR) is 141 cm³/mol. The third-order valence-corrected chi connectivity index (χ3v) is 6.57. The molecule has 1 atom stereocenters. The Morgan fingerprint density at radius 2 is 1.83 bits per heavy atom. The number of rotatable bonds is 6. The van der Waals surface area contributed by atoms with Gasteiger partial charge in [0.15, 0.2) is 5.65 Å². The van der Waals surface area contributed by atoms with Crippen molar-refractivity contribution in [1.29, 1.82) is 0 Å². The Labute approximate surface area is 210 Å². The first kappa shape index (κ1) is 23.7. The summed E-state index contributed by atoms with van der Waals surface area (Å²) in [5.74, 6) is 1.44. The fourth-order valence-electron chi connectivity index (χ4n) is 4.42. The largest absolute Gasteiger partial charge is 0.362 e. The van der Waals surface area contributed by atoms with Crippen LogP contribution in [0.1, 0.15) is 34.5 Å². The van der Waals surface area contributed by atoms with Crippen LogP contribution in [0.5, 0.6) is 0 Å². The number of hydrogen-bond acceptors (Lipinski definition) is 8. The Morgan fingerprint density at radius 1 is 1.03 bits per heavy atom. The van der Waals surface area contributed by atoms with E-state index in [0.717, 1.165) is 60.0 Å². The monoisotopic (exact) mass is 485 g/mol. The molecule has 0 unspecified atom stereocenters. The maximum Gasteiger partial charge on any atom is 0.257 e. The van der Waals surface area contributed by atoms with E-state index in [9.17, 15) is 4.79 Å². The van der Waals surface area contributed by atoms with Gasteiger partial charge in [-0.15, -0.1) is 0 Å². The number of aryl methyl sites for hydroxylation is 2. The van der Waals surface area contributed by atoms with Crippen LogP contribution in [0.15, 0.2) is 48.9 Å². The van der Waals surface area contributed by atoms with Crippen LogP contribution in [0.4, 0.5) is 17.3 Å². The zero-order chi connectivity index (χ0) is 25.2. The van der Waals surface area contributed by atoms with Gasteiger partial charge in [0.1, 0.15) is 17.2 Å². The third-order valence-electron chi connectivity index (χ3n) is 6.57. The smallest absolute Gasteiger partial charge is 0.257 e. The Hall–Kier alpha value is -4.05. The lowest BCUT2D eigenvalue weighted by molar-refractivity contribution is 0.102. The number of carbonyl (C=O) groups is 1. The van der Waals surface area contributed by atoms with E-state index in [4.69, 9.17) is 0 Å². The molecule has 1 saturated heterocycles. The molecule has 10 nitrogen and oxygen atoms in total. The van der Waals surface area contributed by atoms with E-state index in [0.29, 0.717) is 11.4 Å². The van der Waals surface area contributed by atoms with E-state index in [-0.39, 0.29) is 11.9 Å². The van der Waals surface area contributed by atoms with Gasteiger partial charge in [0, 0.05) is 45.1 Å². The molecule has 4 aromatic rings. The molecular formula is C26H31N9O. The first-order chi connectivity index (χ1) is 17.4. The van der Waals surface area contributed by atoms with Gasteiger partial charge >= 0.3 is 0 Å². The van der Waals surface area contributed by atoms with Crippen LogP contribution in [-0.4, -0.2) is 68.8 Å². The van der Waals surface area contributed by atoms with Crippen LogP contribution in [0, 0.1) is 6.92 Å². The second-order valence-electron chi connectivity index (χ2n) is 9.33. The zero-order valence-corrected chi connectivity index (χ0v) is 21.1. The summed E-state index contributed by atoms with van der Waals surface area (Å²) in [6, 6.07) is 9.66. The number of nitrogens with zero attached hydrogens (tertiary/aromatic N) is 7. The average Bonchev–Trinajstić information content (AvgIpc) is 3.24. The number of pyridine rings is 1. The van der Waals surface area contributed by atoms with Crippen molar-refractivity contribution in [3.05, 3.63) is 65.6 Å². The SMILES string of the molecule is Cc1cc(C(=O)Nc2cccc([C@H](C)Nc3cnc4cnn(C)c4n3)c2)cnc1N1CCN(C)CC1. The van der Waals surface area contributed by atoms with Gasteiger partial charge in [-0.3, -0.25) is 4.79 Å². The number of carbonyl (C=O) groups excluding carboxylic acids is 1. The molecule has 0 bridgehead atoms. The molecule has 10 heteroatoms. The Morgan fingerprint density at radius 3 is 2.61 bits per heavy atom. The maximum absolute atomic E-state index is 13.0. The highest BCUT2D eigenvalue weighted by atomic mass is 16.1. The lowest BCUT2D eigenvalue weighted by atomic mass is 10.1. The van der Waals surface area contributed by atoms with Gasteiger partial charge in [-0.05, 0) is 50.2 Å². The fourth-order valence-corrected chi connectivity index (χ4v) is 4.42. The number of amides is 1. The number of anilines is 3. The molecule has 1 fully saturated rings. The predicted octanol–water partition coefficient (Wildman–Crippen LogP) is 3.24. The molecule has 1 aliphatic rings. The van der Waals surface area contributed by atoms with Gasteiger partial charge in [0.2, 0.25) is 0 Å². The summed E-state index contributed by atoms with van der Waals surface area (Å²) < 4.78 is 1.70. The molecule has 1 aliphatic heterocycles. The molecule has 4 heterocycles. The molecule has 3 aromatic heterocycles. The first-order valence-corrected chi connectivity index (χ1v) is 12.1. The van der Waals surface area contributed by atoms with E-state index < -0.39 is 0 Å². The van der Waals surface area contributed by atoms with Crippen LogP contribution in [0.2, 0.25) is 0 Å². The highest BCUT2D eigenvalue weighted by molar-refractivity contribution is 6.04. The summed E-state index contributed by atoms with van der Waals surface area (Å²) in [5.41, 5.74) is 4.75. The minimum atomic E-state index is -0.180. The molecule has 2 N–H and O–H groups in total. The molecule has 0 aliphatic carbocycles. The summed E-state index contributed by atoms with van der Waals surface area (Å²) in [5, 5.41) is 10.6. The summed E-state index contributed by atoms with van der Waals surface area (Å²) >= 11 is 0. The maximum atomic E-state index is 13.0. The van der Waals surface area contributed by atoms with Crippen molar-refractivity contribution in [2.75, 3.05) is 48.8 Å². The Balaban J connectivity index is 1.26. The molecule has 0 saturated carbocycles. The molecule has 0 radical (unpaired) electrons. The first-order valence-electron chi connectivity index (χ1n) is 12.1. The number of hydrogen-bond donors (Lipinski definition) is 2. The lowest BCUT2D eigenvalue weighted by Gasteiger charge is -2.34. The van der Waals surface area contributed by atoms with Gasteiger partial charge in [-0.25, -0.2) is 19.6 Å². The van der Waals surface area contributed by atoms with E-state index in [1.54, 1.807) is 23.3 Å². The second-order valence-corrected chi connectivity index (χ2v) is 9.33. The second kappa shape index (κ2) is 9.90. The topological polar surface area (TPSA) is 104 Å². The van der Waals surface area contributed by atoms with Crippen molar-refractivity contribution < 1.29 is 4.79 Å². The number of nitrogens with one attached hydrogen (secondary N) is 2. The summed E-state index contributed by atoms with van der Waals surface area (Å²) in [6.07, 6.45) is 5.06. The van der Waals surface area contributed by atoms with Crippen molar-refractivity contribution >= 4 is 34.4 Å².